The molecule has 0 atom stereocenters. The molecule has 0 fully saturated rings. The molecule has 0 aliphatic heterocycles. The molecule has 3 heteroatoms. The maximum atomic E-state index is 4.32. The minimum absolute atomic E-state index is 0.985. The van der Waals surface area contributed by atoms with Crippen LogP contribution in [0.5, 0.6) is 0 Å². The Balaban J connectivity index is 2.08. The Labute approximate surface area is 104 Å². The molecule has 0 saturated heterocycles. The number of nitrogens with zero attached hydrogens (tertiary/aromatic N) is 1. The Morgan fingerprint density at radius 3 is 2.56 bits per heavy atom. The number of rotatable bonds is 3. The van der Waals surface area contributed by atoms with E-state index in [2.05, 4.69) is 58.2 Å². The summed E-state index contributed by atoms with van der Waals surface area (Å²) in [4.78, 5) is 0. The van der Waals surface area contributed by atoms with E-state index in [-0.39, 0.29) is 0 Å². The average Bonchev–Trinajstić information content (AvgIpc) is 2.59. The maximum Gasteiger partial charge on any atom is 0.0657 e. The molecular formula is C13H15BrN2. The molecule has 1 N–H and O–H groups in total. The molecule has 0 saturated carbocycles. The molecule has 2 nitrogen and oxygen atoms in total. The Bertz CT molecular complexity index is 488. The molecule has 2 rings (SSSR count). The largest absolute Gasteiger partial charge is 0.282 e. The number of hydrogen-bond acceptors (Lipinski definition) is 1. The molecule has 0 aliphatic carbocycles. The monoisotopic (exact) mass is 278 g/mol. The first-order valence-corrected chi connectivity index (χ1v) is 6.21. The number of H-pyrrole nitrogens is 1. The van der Waals surface area contributed by atoms with Gasteiger partial charge in [0, 0.05) is 10.2 Å². The minimum Gasteiger partial charge on any atom is -0.282 e. The van der Waals surface area contributed by atoms with Gasteiger partial charge in [0.1, 0.15) is 0 Å². The summed E-state index contributed by atoms with van der Waals surface area (Å²) in [5.41, 5.74) is 4.96. The predicted molar refractivity (Wildman–Crippen MR) is 69.6 cm³/mol. The second-order valence-electron chi connectivity index (χ2n) is 4.01. The van der Waals surface area contributed by atoms with Crippen molar-refractivity contribution in [1.82, 2.24) is 10.2 Å². The molecule has 0 unspecified atom stereocenters. The zero-order valence-electron chi connectivity index (χ0n) is 9.55. The van der Waals surface area contributed by atoms with Crippen LogP contribution in [0.4, 0.5) is 0 Å². The van der Waals surface area contributed by atoms with Gasteiger partial charge in [0.15, 0.2) is 0 Å². The molecule has 16 heavy (non-hydrogen) atoms. The lowest BCUT2D eigenvalue weighted by molar-refractivity contribution is 0.882. The van der Waals surface area contributed by atoms with E-state index in [0.717, 1.165) is 12.8 Å². The summed E-state index contributed by atoms with van der Waals surface area (Å²) in [7, 11) is 0. The fraction of sp³-hybridized carbons (Fsp3) is 0.308. The van der Waals surface area contributed by atoms with Crippen molar-refractivity contribution in [2.45, 2.75) is 26.7 Å². The smallest absolute Gasteiger partial charge is 0.0657 e. The zero-order valence-corrected chi connectivity index (χ0v) is 11.1. The summed E-state index contributed by atoms with van der Waals surface area (Å²) in [5.74, 6) is 0. The topological polar surface area (TPSA) is 28.7 Å². The second-order valence-corrected chi connectivity index (χ2v) is 4.87. The van der Waals surface area contributed by atoms with Gasteiger partial charge in [0.25, 0.3) is 0 Å². The summed E-state index contributed by atoms with van der Waals surface area (Å²) in [5, 5.41) is 7.35. The van der Waals surface area contributed by atoms with Crippen LogP contribution in [0.1, 0.15) is 22.5 Å². The van der Waals surface area contributed by atoms with Crippen LogP contribution in [0.3, 0.4) is 0 Å². The third kappa shape index (κ3) is 2.35. The van der Waals surface area contributed by atoms with Gasteiger partial charge in [-0.1, -0.05) is 34.1 Å². The highest BCUT2D eigenvalue weighted by atomic mass is 79.9. The normalized spacial score (nSPS) is 10.7. The number of aromatic nitrogens is 2. The number of benzene rings is 1. The molecule has 1 heterocycles. The van der Waals surface area contributed by atoms with Crippen LogP contribution in [0.25, 0.3) is 0 Å². The van der Waals surface area contributed by atoms with E-state index in [1.165, 1.54) is 27.0 Å². The van der Waals surface area contributed by atoms with E-state index in [0.29, 0.717) is 0 Å². The predicted octanol–water partition coefficient (Wildman–Crippen LogP) is 3.57. The van der Waals surface area contributed by atoms with Gasteiger partial charge >= 0.3 is 0 Å². The number of hydrogen-bond donors (Lipinski definition) is 1. The average molecular weight is 279 g/mol. The van der Waals surface area contributed by atoms with E-state index >= 15 is 0 Å². The van der Waals surface area contributed by atoms with Crippen molar-refractivity contribution in [3.8, 4) is 0 Å². The molecule has 1 aromatic heterocycles. The van der Waals surface area contributed by atoms with Gasteiger partial charge in [0.05, 0.1) is 5.69 Å². The Morgan fingerprint density at radius 1 is 1.19 bits per heavy atom. The van der Waals surface area contributed by atoms with Gasteiger partial charge in [-0.05, 0) is 43.9 Å². The summed E-state index contributed by atoms with van der Waals surface area (Å²) in [6.07, 6.45) is 2.01. The summed E-state index contributed by atoms with van der Waals surface area (Å²) >= 11 is 3.57. The molecule has 84 valence electrons. The first-order chi connectivity index (χ1) is 7.68. The summed E-state index contributed by atoms with van der Waals surface area (Å²) in [6.45, 7) is 4.18. The zero-order chi connectivity index (χ0) is 11.5. The van der Waals surface area contributed by atoms with Crippen molar-refractivity contribution in [2.75, 3.05) is 0 Å². The van der Waals surface area contributed by atoms with Crippen LogP contribution in [0.2, 0.25) is 0 Å². The molecule has 2 aromatic rings. The van der Waals surface area contributed by atoms with Crippen LogP contribution in [-0.4, -0.2) is 10.2 Å². The van der Waals surface area contributed by atoms with Crippen LogP contribution < -0.4 is 0 Å². The Kier molecular flexibility index (Phi) is 3.44. The van der Waals surface area contributed by atoms with Gasteiger partial charge in [-0.25, -0.2) is 0 Å². The number of halogens is 1. The maximum absolute atomic E-state index is 4.32. The Morgan fingerprint density at radius 2 is 1.94 bits per heavy atom. The highest BCUT2D eigenvalue weighted by Crippen LogP contribution is 2.18. The number of aromatic amines is 1. The van der Waals surface area contributed by atoms with Crippen LogP contribution in [-0.2, 0) is 12.8 Å². The van der Waals surface area contributed by atoms with E-state index in [1.54, 1.807) is 0 Å². The molecule has 1 aromatic carbocycles. The van der Waals surface area contributed by atoms with Gasteiger partial charge in [0.2, 0.25) is 0 Å². The molecule has 0 aliphatic rings. The molecule has 0 spiro atoms. The van der Waals surface area contributed by atoms with E-state index in [9.17, 15) is 0 Å². The fourth-order valence-electron chi connectivity index (χ4n) is 1.73. The Hall–Kier alpha value is -1.09. The highest BCUT2D eigenvalue weighted by Gasteiger charge is 2.06. The summed E-state index contributed by atoms with van der Waals surface area (Å²) in [6, 6.07) is 8.34. The van der Waals surface area contributed by atoms with E-state index < -0.39 is 0 Å². The van der Waals surface area contributed by atoms with Crippen molar-refractivity contribution in [1.29, 1.82) is 0 Å². The van der Waals surface area contributed by atoms with Gasteiger partial charge in [-0.15, -0.1) is 0 Å². The van der Waals surface area contributed by atoms with E-state index in [4.69, 9.17) is 0 Å². The molecular weight excluding hydrogens is 264 g/mol. The third-order valence-corrected chi connectivity index (χ3v) is 3.72. The van der Waals surface area contributed by atoms with Gasteiger partial charge < -0.3 is 0 Å². The van der Waals surface area contributed by atoms with Crippen molar-refractivity contribution < 1.29 is 0 Å². The summed E-state index contributed by atoms with van der Waals surface area (Å²) < 4.78 is 1.18. The first-order valence-electron chi connectivity index (χ1n) is 5.42. The van der Waals surface area contributed by atoms with Gasteiger partial charge in [-0.3, -0.25) is 5.10 Å². The fourth-order valence-corrected chi connectivity index (χ4v) is 2.22. The van der Waals surface area contributed by atoms with Crippen LogP contribution in [0, 0.1) is 13.8 Å². The second kappa shape index (κ2) is 4.83. The lowest BCUT2D eigenvalue weighted by Gasteiger charge is -2.03. The van der Waals surface area contributed by atoms with Crippen molar-refractivity contribution >= 4 is 15.9 Å². The van der Waals surface area contributed by atoms with Crippen LogP contribution >= 0.6 is 15.9 Å². The third-order valence-electron chi connectivity index (χ3n) is 2.94. The van der Waals surface area contributed by atoms with Crippen molar-refractivity contribution in [2.24, 2.45) is 0 Å². The van der Waals surface area contributed by atoms with Crippen molar-refractivity contribution in [3.05, 3.63) is 51.3 Å². The lowest BCUT2D eigenvalue weighted by Crippen LogP contribution is -1.94. The highest BCUT2D eigenvalue weighted by molar-refractivity contribution is 9.10. The van der Waals surface area contributed by atoms with Crippen LogP contribution in [0.15, 0.2) is 28.7 Å². The SMILES string of the molecule is Cc1[nH]nc(CCc2ccccc2Br)c1C. The lowest BCUT2D eigenvalue weighted by atomic mass is 10.1. The molecule has 0 bridgehead atoms. The standard InChI is InChI=1S/C13H15BrN2/c1-9-10(2)15-16-13(9)8-7-11-5-3-4-6-12(11)14/h3-6H,7-8H2,1-2H3,(H,15,16). The quantitative estimate of drug-likeness (QED) is 0.914. The van der Waals surface area contributed by atoms with E-state index in [1.807, 2.05) is 6.07 Å². The number of aryl methyl sites for hydroxylation is 3. The molecule has 0 amide bonds. The van der Waals surface area contributed by atoms with Crippen molar-refractivity contribution in [3.63, 3.8) is 0 Å². The number of nitrogens with one attached hydrogen (secondary N) is 1. The molecule has 0 radical (unpaired) electrons. The minimum atomic E-state index is 0.985. The first kappa shape index (κ1) is 11.4. The van der Waals surface area contributed by atoms with Gasteiger partial charge in [-0.2, -0.15) is 5.10 Å².